The Hall–Kier alpha value is -1.36. The highest BCUT2D eigenvalue weighted by Gasteiger charge is 2.03. The minimum Gasteiger partial charge on any atom is -0.493 e. The molecule has 2 aromatic rings. The molecule has 0 radical (unpaired) electrons. The fraction of sp³-hybridized carbons (Fsp3) is 0.273. The van der Waals surface area contributed by atoms with Gasteiger partial charge in [0.15, 0.2) is 0 Å². The maximum Gasteiger partial charge on any atom is 0.238 e. The molecule has 1 aromatic carbocycles. The lowest BCUT2D eigenvalue weighted by atomic mass is 10.2. The molecule has 0 saturated carbocycles. The predicted octanol–water partition coefficient (Wildman–Crippen LogP) is 2.76. The Morgan fingerprint density at radius 2 is 2.31 bits per heavy atom. The number of hydrogen-bond donors (Lipinski definition) is 0. The summed E-state index contributed by atoms with van der Waals surface area (Å²) in [6.07, 6.45) is 0.604. The summed E-state index contributed by atoms with van der Waals surface area (Å²) in [6, 6.07) is 7.91. The Bertz CT molecular complexity index is 471. The average molecular weight is 283 g/mol. The van der Waals surface area contributed by atoms with Crippen LogP contribution in [0.1, 0.15) is 11.5 Å². The van der Waals surface area contributed by atoms with Crippen molar-refractivity contribution in [2.75, 3.05) is 6.61 Å². The summed E-state index contributed by atoms with van der Waals surface area (Å²) in [5.74, 6) is 1.43. The fourth-order valence-electron chi connectivity index (χ4n) is 1.30. The van der Waals surface area contributed by atoms with E-state index in [0.29, 0.717) is 23.7 Å². The van der Waals surface area contributed by atoms with Crippen LogP contribution in [0.2, 0.25) is 0 Å². The molecule has 0 unspecified atom stereocenters. The third-order valence-electron chi connectivity index (χ3n) is 2.02. The SMILES string of the molecule is Cc1cccc(OCCc2nc(Br)no2)c1. The highest BCUT2D eigenvalue weighted by molar-refractivity contribution is 9.10. The van der Waals surface area contributed by atoms with Gasteiger partial charge < -0.3 is 9.26 Å². The molecule has 0 spiro atoms. The van der Waals surface area contributed by atoms with Crippen LogP contribution in [0, 0.1) is 6.92 Å². The van der Waals surface area contributed by atoms with Crippen molar-refractivity contribution in [3.63, 3.8) is 0 Å². The van der Waals surface area contributed by atoms with Gasteiger partial charge in [-0.15, -0.1) is 0 Å². The van der Waals surface area contributed by atoms with E-state index in [1.807, 2.05) is 31.2 Å². The molecule has 0 fully saturated rings. The number of hydrogen-bond acceptors (Lipinski definition) is 4. The highest BCUT2D eigenvalue weighted by atomic mass is 79.9. The van der Waals surface area contributed by atoms with Crippen LogP contribution in [0.5, 0.6) is 5.75 Å². The first-order valence-corrected chi connectivity index (χ1v) is 5.71. The van der Waals surface area contributed by atoms with E-state index in [1.165, 1.54) is 5.56 Å². The minimum absolute atomic E-state index is 0.470. The lowest BCUT2D eigenvalue weighted by molar-refractivity contribution is 0.292. The van der Waals surface area contributed by atoms with Gasteiger partial charge in [-0.05, 0) is 45.7 Å². The van der Waals surface area contributed by atoms with Crippen LogP contribution < -0.4 is 4.74 Å². The first-order chi connectivity index (χ1) is 7.74. The van der Waals surface area contributed by atoms with Crippen molar-refractivity contribution in [3.05, 3.63) is 40.5 Å². The summed E-state index contributed by atoms with van der Waals surface area (Å²) < 4.78 is 11.0. The lowest BCUT2D eigenvalue weighted by Crippen LogP contribution is -2.01. The molecule has 1 aromatic heterocycles. The summed E-state index contributed by atoms with van der Waals surface area (Å²) in [5.41, 5.74) is 1.18. The molecule has 0 aliphatic heterocycles. The maximum atomic E-state index is 5.56. The molecule has 4 nitrogen and oxygen atoms in total. The topological polar surface area (TPSA) is 48.2 Å². The van der Waals surface area contributed by atoms with Crippen molar-refractivity contribution in [2.45, 2.75) is 13.3 Å². The second-order valence-electron chi connectivity index (χ2n) is 3.37. The van der Waals surface area contributed by atoms with Gasteiger partial charge in [0.25, 0.3) is 0 Å². The Balaban J connectivity index is 1.84. The van der Waals surface area contributed by atoms with Gasteiger partial charge in [0.1, 0.15) is 5.75 Å². The summed E-state index contributed by atoms with van der Waals surface area (Å²) in [4.78, 5) is 4.02. The molecule has 0 saturated heterocycles. The van der Waals surface area contributed by atoms with Crippen molar-refractivity contribution in [2.24, 2.45) is 0 Å². The highest BCUT2D eigenvalue weighted by Crippen LogP contribution is 2.12. The van der Waals surface area contributed by atoms with E-state index in [-0.39, 0.29) is 0 Å². The first kappa shape index (κ1) is 11.1. The van der Waals surface area contributed by atoms with Crippen molar-refractivity contribution in [1.29, 1.82) is 0 Å². The standard InChI is InChI=1S/C11H11BrN2O2/c1-8-3-2-4-9(7-8)15-6-5-10-13-11(12)14-16-10/h2-4,7H,5-6H2,1H3. The molecule has 0 N–H and O–H groups in total. The molecular weight excluding hydrogens is 272 g/mol. The summed E-state index contributed by atoms with van der Waals surface area (Å²) >= 11 is 3.12. The zero-order chi connectivity index (χ0) is 11.4. The average Bonchev–Trinajstić information content (AvgIpc) is 2.64. The molecule has 0 aliphatic carbocycles. The second kappa shape index (κ2) is 5.12. The van der Waals surface area contributed by atoms with Gasteiger partial charge in [0.05, 0.1) is 13.0 Å². The molecule has 0 aliphatic rings. The van der Waals surface area contributed by atoms with E-state index in [9.17, 15) is 0 Å². The molecule has 16 heavy (non-hydrogen) atoms. The quantitative estimate of drug-likeness (QED) is 0.865. The van der Waals surface area contributed by atoms with Crippen molar-refractivity contribution in [3.8, 4) is 5.75 Å². The van der Waals surface area contributed by atoms with Crippen LogP contribution in [-0.4, -0.2) is 16.7 Å². The predicted molar refractivity (Wildman–Crippen MR) is 62.4 cm³/mol. The third-order valence-corrected chi connectivity index (χ3v) is 2.34. The van der Waals surface area contributed by atoms with Crippen molar-refractivity contribution in [1.82, 2.24) is 10.1 Å². The zero-order valence-electron chi connectivity index (χ0n) is 8.81. The Labute approximate surface area is 102 Å². The smallest absolute Gasteiger partial charge is 0.238 e. The van der Waals surface area contributed by atoms with Crippen molar-refractivity contribution >= 4 is 15.9 Å². The van der Waals surface area contributed by atoms with E-state index in [1.54, 1.807) is 0 Å². The van der Waals surface area contributed by atoms with E-state index >= 15 is 0 Å². The number of aryl methyl sites for hydroxylation is 1. The molecule has 0 bridgehead atoms. The Morgan fingerprint density at radius 1 is 1.44 bits per heavy atom. The van der Waals surface area contributed by atoms with Gasteiger partial charge in [0.2, 0.25) is 10.6 Å². The van der Waals surface area contributed by atoms with Gasteiger partial charge in [-0.3, -0.25) is 0 Å². The number of aromatic nitrogens is 2. The number of halogens is 1. The maximum absolute atomic E-state index is 5.56. The Kier molecular flexibility index (Phi) is 3.56. The molecule has 0 amide bonds. The zero-order valence-corrected chi connectivity index (χ0v) is 10.4. The summed E-state index contributed by atoms with van der Waals surface area (Å²) in [6.45, 7) is 2.56. The third kappa shape index (κ3) is 3.06. The van der Waals surface area contributed by atoms with Crippen LogP contribution in [0.15, 0.2) is 33.5 Å². The van der Waals surface area contributed by atoms with Crippen LogP contribution in [0.4, 0.5) is 0 Å². The lowest BCUT2D eigenvalue weighted by Gasteiger charge is -2.04. The summed E-state index contributed by atoms with van der Waals surface area (Å²) in [5, 5.41) is 3.63. The number of benzene rings is 1. The fourth-order valence-corrected chi connectivity index (χ4v) is 1.57. The minimum atomic E-state index is 0.470. The van der Waals surface area contributed by atoms with E-state index < -0.39 is 0 Å². The molecule has 2 rings (SSSR count). The molecule has 0 atom stereocenters. The largest absolute Gasteiger partial charge is 0.493 e. The van der Waals surface area contributed by atoms with Gasteiger partial charge in [-0.2, -0.15) is 4.98 Å². The summed E-state index contributed by atoms with van der Waals surface area (Å²) in [7, 11) is 0. The van der Waals surface area contributed by atoms with Gasteiger partial charge >= 0.3 is 0 Å². The monoisotopic (exact) mass is 282 g/mol. The first-order valence-electron chi connectivity index (χ1n) is 4.91. The van der Waals surface area contributed by atoms with Crippen LogP contribution in [-0.2, 0) is 6.42 Å². The van der Waals surface area contributed by atoms with Gasteiger partial charge in [0, 0.05) is 0 Å². The van der Waals surface area contributed by atoms with E-state index in [4.69, 9.17) is 9.26 Å². The molecule has 84 valence electrons. The van der Waals surface area contributed by atoms with Crippen LogP contribution in [0.3, 0.4) is 0 Å². The van der Waals surface area contributed by atoms with E-state index in [0.717, 1.165) is 5.75 Å². The number of ether oxygens (including phenoxy) is 1. The molecule has 1 heterocycles. The number of rotatable bonds is 4. The second-order valence-corrected chi connectivity index (χ2v) is 4.08. The van der Waals surface area contributed by atoms with Crippen molar-refractivity contribution < 1.29 is 9.26 Å². The number of nitrogens with zero attached hydrogens (tertiary/aromatic N) is 2. The van der Waals surface area contributed by atoms with E-state index in [2.05, 4.69) is 26.1 Å². The molecule has 5 heteroatoms. The normalized spacial score (nSPS) is 10.4. The Morgan fingerprint density at radius 3 is 3.00 bits per heavy atom. The van der Waals surface area contributed by atoms with Gasteiger partial charge in [-0.25, -0.2) is 0 Å². The molecular formula is C11H11BrN2O2. The van der Waals surface area contributed by atoms with Gasteiger partial charge in [-0.1, -0.05) is 12.1 Å². The van der Waals surface area contributed by atoms with Crippen LogP contribution in [0.25, 0.3) is 0 Å². The van der Waals surface area contributed by atoms with Crippen LogP contribution >= 0.6 is 15.9 Å².